The van der Waals surface area contributed by atoms with E-state index in [9.17, 15) is 4.79 Å². The van der Waals surface area contributed by atoms with Crippen molar-refractivity contribution in [1.29, 1.82) is 0 Å². The number of hydrogen-bond donors (Lipinski definition) is 0. The summed E-state index contributed by atoms with van der Waals surface area (Å²) < 4.78 is 3.47. The van der Waals surface area contributed by atoms with Gasteiger partial charge in [-0.25, -0.2) is 0 Å². The molecule has 0 bridgehead atoms. The molecule has 5 nitrogen and oxygen atoms in total. The molecule has 0 fully saturated rings. The van der Waals surface area contributed by atoms with Crippen LogP contribution in [0.1, 0.15) is 35.7 Å². The zero-order chi connectivity index (χ0) is 13.1. The maximum absolute atomic E-state index is 12.2. The Morgan fingerprint density at radius 1 is 1.28 bits per heavy atom. The van der Waals surface area contributed by atoms with E-state index in [1.54, 1.807) is 9.36 Å². The van der Waals surface area contributed by atoms with E-state index in [-0.39, 0.29) is 5.78 Å². The first kappa shape index (κ1) is 12.5. The summed E-state index contributed by atoms with van der Waals surface area (Å²) in [4.78, 5) is 12.2. The molecule has 5 heteroatoms. The zero-order valence-corrected chi connectivity index (χ0v) is 11.1. The Morgan fingerprint density at radius 2 is 2.06 bits per heavy atom. The molecule has 18 heavy (non-hydrogen) atoms. The second-order valence-corrected chi connectivity index (χ2v) is 4.27. The average Bonchev–Trinajstić information content (AvgIpc) is 2.95. The summed E-state index contributed by atoms with van der Waals surface area (Å²) >= 11 is 0. The Morgan fingerprint density at radius 3 is 2.61 bits per heavy atom. The van der Waals surface area contributed by atoms with Crippen LogP contribution in [0.25, 0.3) is 0 Å². The van der Waals surface area contributed by atoms with Crippen molar-refractivity contribution in [3.63, 3.8) is 0 Å². The SMILES string of the molecule is CCc1cc(C(=O)Cc2ccn(C)n2)n(CC)n1. The Balaban J connectivity index is 2.20. The molecule has 0 saturated heterocycles. The molecule has 2 aromatic heterocycles. The lowest BCUT2D eigenvalue weighted by atomic mass is 10.1. The maximum atomic E-state index is 12.2. The lowest BCUT2D eigenvalue weighted by Gasteiger charge is -2.02. The number of carbonyl (C=O) groups is 1. The van der Waals surface area contributed by atoms with Gasteiger partial charge in [-0.15, -0.1) is 0 Å². The highest BCUT2D eigenvalue weighted by atomic mass is 16.1. The number of aryl methyl sites for hydroxylation is 3. The van der Waals surface area contributed by atoms with Crippen molar-refractivity contribution in [2.45, 2.75) is 33.2 Å². The van der Waals surface area contributed by atoms with Crippen LogP contribution in [0.15, 0.2) is 18.3 Å². The summed E-state index contributed by atoms with van der Waals surface area (Å²) in [5.74, 6) is 0.0720. The molecule has 0 saturated carbocycles. The number of carbonyl (C=O) groups excluding carboxylic acids is 1. The van der Waals surface area contributed by atoms with Crippen LogP contribution in [0, 0.1) is 0 Å². The van der Waals surface area contributed by atoms with Crippen LogP contribution in [0.4, 0.5) is 0 Å². The molecular formula is C13H18N4O. The predicted octanol–water partition coefficient (Wildman–Crippen LogP) is 1.62. The fraction of sp³-hybridized carbons (Fsp3) is 0.462. The van der Waals surface area contributed by atoms with Crippen LogP contribution in [-0.4, -0.2) is 25.3 Å². The van der Waals surface area contributed by atoms with E-state index in [0.717, 1.165) is 17.8 Å². The molecule has 2 rings (SSSR count). The van der Waals surface area contributed by atoms with Crippen LogP contribution in [0.5, 0.6) is 0 Å². The molecule has 0 amide bonds. The third-order valence-corrected chi connectivity index (χ3v) is 2.89. The standard InChI is InChI=1S/C13H18N4O/c1-4-10-8-12(17(5-2)15-10)13(18)9-11-6-7-16(3)14-11/h6-8H,4-5,9H2,1-3H3. The summed E-state index contributed by atoms with van der Waals surface area (Å²) in [5.41, 5.74) is 2.44. The number of rotatable bonds is 5. The molecule has 0 unspecified atom stereocenters. The van der Waals surface area contributed by atoms with E-state index >= 15 is 0 Å². The van der Waals surface area contributed by atoms with Gasteiger partial charge < -0.3 is 0 Å². The fourth-order valence-electron chi connectivity index (χ4n) is 1.92. The molecule has 0 aliphatic carbocycles. The molecule has 96 valence electrons. The first-order chi connectivity index (χ1) is 8.63. The third kappa shape index (κ3) is 2.50. The molecular weight excluding hydrogens is 228 g/mol. The van der Waals surface area contributed by atoms with Crippen molar-refractivity contribution >= 4 is 5.78 Å². The number of ketones is 1. The van der Waals surface area contributed by atoms with Gasteiger partial charge in [0.15, 0.2) is 5.78 Å². The van der Waals surface area contributed by atoms with E-state index < -0.39 is 0 Å². The number of Topliss-reactive ketones (excluding diaryl/α,β-unsaturated/α-hetero) is 1. The predicted molar refractivity (Wildman–Crippen MR) is 68.5 cm³/mol. The minimum absolute atomic E-state index is 0.0720. The first-order valence-corrected chi connectivity index (χ1v) is 6.22. The molecule has 0 N–H and O–H groups in total. The van der Waals surface area contributed by atoms with E-state index in [4.69, 9.17) is 0 Å². The van der Waals surface area contributed by atoms with Crippen LogP contribution in [-0.2, 0) is 26.4 Å². The van der Waals surface area contributed by atoms with Crippen LogP contribution < -0.4 is 0 Å². The number of hydrogen-bond acceptors (Lipinski definition) is 3. The molecule has 2 heterocycles. The first-order valence-electron chi connectivity index (χ1n) is 6.22. The van der Waals surface area contributed by atoms with Gasteiger partial charge in [0, 0.05) is 19.8 Å². The smallest absolute Gasteiger partial charge is 0.186 e. The van der Waals surface area contributed by atoms with Gasteiger partial charge in [-0.3, -0.25) is 14.2 Å². The monoisotopic (exact) mass is 246 g/mol. The van der Waals surface area contributed by atoms with Gasteiger partial charge in [0.25, 0.3) is 0 Å². The zero-order valence-electron chi connectivity index (χ0n) is 11.1. The Kier molecular flexibility index (Phi) is 3.60. The molecule has 0 aliphatic heterocycles. The fourth-order valence-corrected chi connectivity index (χ4v) is 1.92. The Labute approximate surface area is 106 Å². The van der Waals surface area contributed by atoms with Crippen molar-refractivity contribution < 1.29 is 4.79 Å². The average molecular weight is 246 g/mol. The maximum Gasteiger partial charge on any atom is 0.186 e. The van der Waals surface area contributed by atoms with Gasteiger partial charge in [0.05, 0.1) is 17.8 Å². The normalized spacial score (nSPS) is 10.8. The van der Waals surface area contributed by atoms with Gasteiger partial charge in [-0.05, 0) is 25.5 Å². The quantitative estimate of drug-likeness (QED) is 0.753. The molecule has 0 aromatic carbocycles. The second-order valence-electron chi connectivity index (χ2n) is 4.27. The minimum Gasteiger partial charge on any atom is -0.292 e. The highest BCUT2D eigenvalue weighted by Gasteiger charge is 2.15. The Bertz CT molecular complexity index is 553. The van der Waals surface area contributed by atoms with E-state index in [1.165, 1.54) is 0 Å². The van der Waals surface area contributed by atoms with Crippen molar-refractivity contribution in [1.82, 2.24) is 19.6 Å². The highest BCUT2D eigenvalue weighted by Crippen LogP contribution is 2.09. The molecule has 0 atom stereocenters. The lowest BCUT2D eigenvalue weighted by molar-refractivity contribution is 0.0981. The largest absolute Gasteiger partial charge is 0.292 e. The van der Waals surface area contributed by atoms with E-state index in [1.807, 2.05) is 39.2 Å². The van der Waals surface area contributed by atoms with Crippen LogP contribution in [0.3, 0.4) is 0 Å². The Hall–Kier alpha value is -1.91. The van der Waals surface area contributed by atoms with Gasteiger partial charge in [0.2, 0.25) is 0 Å². The van der Waals surface area contributed by atoms with Gasteiger partial charge >= 0.3 is 0 Å². The molecule has 0 aliphatic rings. The summed E-state index contributed by atoms with van der Waals surface area (Å²) in [5, 5.41) is 8.61. The van der Waals surface area contributed by atoms with E-state index in [0.29, 0.717) is 18.7 Å². The van der Waals surface area contributed by atoms with Crippen LogP contribution >= 0.6 is 0 Å². The lowest BCUT2D eigenvalue weighted by Crippen LogP contribution is -2.12. The van der Waals surface area contributed by atoms with Gasteiger partial charge in [-0.2, -0.15) is 10.2 Å². The minimum atomic E-state index is 0.0720. The van der Waals surface area contributed by atoms with Crippen molar-refractivity contribution in [3.8, 4) is 0 Å². The van der Waals surface area contributed by atoms with Crippen molar-refractivity contribution in [2.24, 2.45) is 7.05 Å². The highest BCUT2D eigenvalue weighted by molar-refractivity contribution is 5.95. The van der Waals surface area contributed by atoms with Crippen molar-refractivity contribution in [3.05, 3.63) is 35.4 Å². The van der Waals surface area contributed by atoms with Gasteiger partial charge in [-0.1, -0.05) is 6.92 Å². The van der Waals surface area contributed by atoms with E-state index in [2.05, 4.69) is 10.2 Å². The summed E-state index contributed by atoms with van der Waals surface area (Å²) in [6.07, 6.45) is 3.02. The van der Waals surface area contributed by atoms with Gasteiger partial charge in [0.1, 0.15) is 5.69 Å². The molecule has 2 aromatic rings. The topological polar surface area (TPSA) is 52.7 Å². The number of nitrogens with zero attached hydrogens (tertiary/aromatic N) is 4. The third-order valence-electron chi connectivity index (χ3n) is 2.89. The summed E-state index contributed by atoms with van der Waals surface area (Å²) in [7, 11) is 1.85. The summed E-state index contributed by atoms with van der Waals surface area (Å²) in [6.45, 7) is 4.74. The van der Waals surface area contributed by atoms with Crippen molar-refractivity contribution in [2.75, 3.05) is 0 Å². The molecule has 0 radical (unpaired) electrons. The second kappa shape index (κ2) is 5.16. The van der Waals surface area contributed by atoms with Crippen LogP contribution in [0.2, 0.25) is 0 Å². The summed E-state index contributed by atoms with van der Waals surface area (Å²) in [6, 6.07) is 3.75. The molecule has 0 spiro atoms. The number of aromatic nitrogens is 4.